The molecule has 0 fully saturated rings. The van der Waals surface area contributed by atoms with Crippen molar-refractivity contribution in [2.45, 2.75) is 45.1 Å². The Hall–Kier alpha value is -2.07. The number of hydrogen-bond acceptors (Lipinski definition) is 3. The van der Waals surface area contributed by atoms with Gasteiger partial charge in [-0.3, -0.25) is 0 Å². The van der Waals surface area contributed by atoms with Crippen molar-refractivity contribution in [1.29, 1.82) is 0 Å². The molecule has 24 heavy (non-hydrogen) atoms. The molecule has 0 radical (unpaired) electrons. The van der Waals surface area contributed by atoms with Crippen LogP contribution in [-0.2, 0) is 12.3 Å². The molecule has 0 atom stereocenters. The summed E-state index contributed by atoms with van der Waals surface area (Å²) in [4.78, 5) is 0. The van der Waals surface area contributed by atoms with Crippen molar-refractivity contribution in [1.82, 2.24) is 14.8 Å². The molecule has 0 aliphatic heterocycles. The average Bonchev–Trinajstić information content (AvgIpc) is 2.99. The minimum atomic E-state index is 0.866. The molecule has 0 saturated heterocycles. The second-order valence-corrected chi connectivity index (χ2v) is 7.08. The third-order valence-electron chi connectivity index (χ3n) is 4.20. The summed E-state index contributed by atoms with van der Waals surface area (Å²) in [6.07, 6.45) is 0. The molecule has 0 spiro atoms. The lowest BCUT2D eigenvalue weighted by molar-refractivity contribution is 0.687. The standard InChI is InChI=1S/C20H23N3S/c1-5-23-19(17-10-7-14(2)8-11-17)21-22-20(23)24-13-18-12-15(3)6-9-16(18)4/h6-12H,5,13H2,1-4H3. The number of rotatable bonds is 5. The molecule has 0 amide bonds. The van der Waals surface area contributed by atoms with Crippen LogP contribution in [0.5, 0.6) is 0 Å². The maximum atomic E-state index is 4.43. The van der Waals surface area contributed by atoms with Crippen LogP contribution in [0.3, 0.4) is 0 Å². The van der Waals surface area contributed by atoms with Crippen molar-refractivity contribution >= 4 is 11.8 Å². The van der Waals surface area contributed by atoms with Gasteiger partial charge in [-0.2, -0.15) is 0 Å². The van der Waals surface area contributed by atoms with Crippen LogP contribution in [0.25, 0.3) is 11.4 Å². The van der Waals surface area contributed by atoms with Gasteiger partial charge in [-0.15, -0.1) is 10.2 Å². The molecular formula is C20H23N3S. The molecule has 2 aromatic carbocycles. The predicted octanol–water partition coefficient (Wildman–Crippen LogP) is 5.18. The molecule has 124 valence electrons. The zero-order valence-corrected chi connectivity index (χ0v) is 15.5. The van der Waals surface area contributed by atoms with Gasteiger partial charge in [0, 0.05) is 17.9 Å². The minimum Gasteiger partial charge on any atom is -0.302 e. The van der Waals surface area contributed by atoms with Crippen LogP contribution in [0.1, 0.15) is 29.2 Å². The normalized spacial score (nSPS) is 11.0. The topological polar surface area (TPSA) is 30.7 Å². The lowest BCUT2D eigenvalue weighted by Gasteiger charge is -2.09. The molecule has 1 heterocycles. The number of thioether (sulfide) groups is 1. The molecule has 0 aliphatic carbocycles. The highest BCUT2D eigenvalue weighted by molar-refractivity contribution is 7.98. The Bertz CT molecular complexity index is 835. The van der Waals surface area contributed by atoms with E-state index >= 15 is 0 Å². The molecule has 4 heteroatoms. The Labute approximate surface area is 148 Å². The van der Waals surface area contributed by atoms with Gasteiger partial charge in [-0.1, -0.05) is 65.4 Å². The van der Waals surface area contributed by atoms with Crippen LogP contribution in [0, 0.1) is 20.8 Å². The second kappa shape index (κ2) is 7.22. The fourth-order valence-corrected chi connectivity index (χ4v) is 3.76. The summed E-state index contributed by atoms with van der Waals surface area (Å²) in [5.74, 6) is 1.86. The number of nitrogens with zero attached hydrogens (tertiary/aromatic N) is 3. The highest BCUT2D eigenvalue weighted by Gasteiger charge is 2.13. The summed E-state index contributed by atoms with van der Waals surface area (Å²) < 4.78 is 2.19. The van der Waals surface area contributed by atoms with E-state index in [4.69, 9.17) is 0 Å². The Balaban J connectivity index is 1.84. The average molecular weight is 337 g/mol. The quantitative estimate of drug-likeness (QED) is 0.601. The SMILES string of the molecule is CCn1c(SCc2cc(C)ccc2C)nnc1-c1ccc(C)cc1. The zero-order valence-electron chi connectivity index (χ0n) is 14.7. The van der Waals surface area contributed by atoms with E-state index in [0.717, 1.165) is 28.8 Å². The maximum Gasteiger partial charge on any atom is 0.191 e. The van der Waals surface area contributed by atoms with Gasteiger partial charge in [0.25, 0.3) is 0 Å². The van der Waals surface area contributed by atoms with Gasteiger partial charge in [0.1, 0.15) is 0 Å². The van der Waals surface area contributed by atoms with Crippen molar-refractivity contribution in [2.75, 3.05) is 0 Å². The Kier molecular flexibility index (Phi) is 5.05. The first-order valence-corrected chi connectivity index (χ1v) is 9.26. The van der Waals surface area contributed by atoms with Crippen LogP contribution in [0.4, 0.5) is 0 Å². The van der Waals surface area contributed by atoms with Crippen LogP contribution in [0.15, 0.2) is 47.6 Å². The van der Waals surface area contributed by atoms with Crippen LogP contribution < -0.4 is 0 Å². The third-order valence-corrected chi connectivity index (χ3v) is 5.22. The summed E-state index contributed by atoms with van der Waals surface area (Å²) in [5.41, 5.74) is 6.37. The smallest absolute Gasteiger partial charge is 0.191 e. The van der Waals surface area contributed by atoms with Gasteiger partial charge in [-0.05, 0) is 38.8 Å². The maximum absolute atomic E-state index is 4.43. The Morgan fingerprint density at radius 1 is 0.917 bits per heavy atom. The van der Waals surface area contributed by atoms with Crippen molar-refractivity contribution in [2.24, 2.45) is 0 Å². The molecule has 0 N–H and O–H groups in total. The van der Waals surface area contributed by atoms with E-state index in [2.05, 4.69) is 84.9 Å². The van der Waals surface area contributed by atoms with Crippen molar-refractivity contribution in [3.63, 3.8) is 0 Å². The fraction of sp³-hybridized carbons (Fsp3) is 0.300. The molecule has 0 aliphatic rings. The van der Waals surface area contributed by atoms with Crippen LogP contribution in [0.2, 0.25) is 0 Å². The van der Waals surface area contributed by atoms with E-state index in [1.54, 1.807) is 11.8 Å². The number of aromatic nitrogens is 3. The molecular weight excluding hydrogens is 314 g/mol. The number of hydrogen-bond donors (Lipinski definition) is 0. The monoisotopic (exact) mass is 337 g/mol. The minimum absolute atomic E-state index is 0.866. The van der Waals surface area contributed by atoms with Crippen LogP contribution in [-0.4, -0.2) is 14.8 Å². The third kappa shape index (κ3) is 3.54. The summed E-state index contributed by atoms with van der Waals surface area (Å²) in [5, 5.41) is 9.84. The lowest BCUT2D eigenvalue weighted by atomic mass is 10.1. The first-order valence-electron chi connectivity index (χ1n) is 8.27. The Morgan fingerprint density at radius 2 is 1.62 bits per heavy atom. The molecule has 0 bridgehead atoms. The molecule has 0 saturated carbocycles. The number of aryl methyl sites for hydroxylation is 3. The van der Waals surface area contributed by atoms with E-state index < -0.39 is 0 Å². The van der Waals surface area contributed by atoms with Crippen LogP contribution >= 0.6 is 11.8 Å². The van der Waals surface area contributed by atoms with E-state index in [-0.39, 0.29) is 0 Å². The summed E-state index contributed by atoms with van der Waals surface area (Å²) in [6.45, 7) is 9.41. The number of benzene rings is 2. The van der Waals surface area contributed by atoms with Gasteiger partial charge >= 0.3 is 0 Å². The largest absolute Gasteiger partial charge is 0.302 e. The van der Waals surface area contributed by atoms with Gasteiger partial charge < -0.3 is 4.57 Å². The van der Waals surface area contributed by atoms with Gasteiger partial charge in [-0.25, -0.2) is 0 Å². The highest BCUT2D eigenvalue weighted by Crippen LogP contribution is 2.27. The lowest BCUT2D eigenvalue weighted by Crippen LogP contribution is -2.00. The summed E-state index contributed by atoms with van der Waals surface area (Å²) in [7, 11) is 0. The van der Waals surface area contributed by atoms with Gasteiger partial charge in [0.2, 0.25) is 0 Å². The fourth-order valence-electron chi connectivity index (χ4n) is 2.69. The highest BCUT2D eigenvalue weighted by atomic mass is 32.2. The summed E-state index contributed by atoms with van der Waals surface area (Å²) in [6, 6.07) is 15.1. The first-order chi connectivity index (χ1) is 11.6. The molecule has 1 aromatic heterocycles. The molecule has 3 aromatic rings. The Morgan fingerprint density at radius 3 is 2.33 bits per heavy atom. The molecule has 3 nitrogen and oxygen atoms in total. The van der Waals surface area contributed by atoms with E-state index in [1.807, 2.05) is 0 Å². The first kappa shape index (κ1) is 16.8. The molecule has 3 rings (SSSR count). The van der Waals surface area contributed by atoms with Crippen molar-refractivity contribution < 1.29 is 0 Å². The van der Waals surface area contributed by atoms with Crippen molar-refractivity contribution in [3.8, 4) is 11.4 Å². The zero-order chi connectivity index (χ0) is 17.1. The van der Waals surface area contributed by atoms with E-state index in [1.165, 1.54) is 22.3 Å². The van der Waals surface area contributed by atoms with Gasteiger partial charge in [0.15, 0.2) is 11.0 Å². The molecule has 0 unspecified atom stereocenters. The van der Waals surface area contributed by atoms with Gasteiger partial charge in [0.05, 0.1) is 0 Å². The van der Waals surface area contributed by atoms with E-state index in [0.29, 0.717) is 0 Å². The summed E-state index contributed by atoms with van der Waals surface area (Å²) >= 11 is 1.76. The van der Waals surface area contributed by atoms with Crippen molar-refractivity contribution in [3.05, 3.63) is 64.7 Å². The van der Waals surface area contributed by atoms with E-state index in [9.17, 15) is 0 Å². The predicted molar refractivity (Wildman–Crippen MR) is 101 cm³/mol. The second-order valence-electron chi connectivity index (χ2n) is 6.14.